The molecule has 0 aromatic carbocycles. The van der Waals surface area contributed by atoms with Gasteiger partial charge in [0, 0.05) is 18.1 Å². The summed E-state index contributed by atoms with van der Waals surface area (Å²) >= 11 is 0. The number of amides is 1. The molecule has 2 aliphatic rings. The summed E-state index contributed by atoms with van der Waals surface area (Å²) < 4.78 is 0. The van der Waals surface area contributed by atoms with Crippen LogP contribution in [0, 0.1) is 11.8 Å². The van der Waals surface area contributed by atoms with Gasteiger partial charge in [0.25, 0.3) is 0 Å². The highest BCUT2D eigenvalue weighted by atomic mass is 16.2. The molecule has 1 saturated carbocycles. The average molecular weight is 152 g/mol. The predicted molar refractivity (Wildman–Crippen MR) is 42.1 cm³/mol. The molecule has 0 radical (unpaired) electrons. The molecule has 3 nitrogen and oxygen atoms in total. The number of carbonyl (C=O) groups is 1. The van der Waals surface area contributed by atoms with Crippen LogP contribution in [0.25, 0.3) is 0 Å². The van der Waals surface area contributed by atoms with Crippen molar-refractivity contribution in [3.8, 4) is 0 Å². The van der Waals surface area contributed by atoms with Crippen molar-refractivity contribution in [1.29, 1.82) is 0 Å². The van der Waals surface area contributed by atoms with Crippen LogP contribution in [-0.2, 0) is 4.79 Å². The summed E-state index contributed by atoms with van der Waals surface area (Å²) in [6, 6.07) is 0. The Morgan fingerprint density at radius 1 is 1.45 bits per heavy atom. The minimum atomic E-state index is 0.122. The number of nitrogens with zero attached hydrogens (tertiary/aromatic N) is 1. The van der Waals surface area contributed by atoms with Crippen molar-refractivity contribution in [3.05, 3.63) is 0 Å². The van der Waals surface area contributed by atoms with Crippen LogP contribution in [0.2, 0.25) is 0 Å². The summed E-state index contributed by atoms with van der Waals surface area (Å²) in [5.74, 6) is 0.774. The molecule has 11 heavy (non-hydrogen) atoms. The highest BCUT2D eigenvalue weighted by Crippen LogP contribution is 2.30. The van der Waals surface area contributed by atoms with Crippen LogP contribution >= 0.6 is 0 Å². The molecule has 0 aromatic rings. The lowest BCUT2D eigenvalue weighted by Gasteiger charge is -2.29. The lowest BCUT2D eigenvalue weighted by Crippen LogP contribution is -2.39. The van der Waals surface area contributed by atoms with E-state index >= 15 is 0 Å². The Labute approximate surface area is 65.9 Å². The van der Waals surface area contributed by atoms with E-state index in [4.69, 9.17) is 0 Å². The quantitative estimate of drug-likeness (QED) is 0.550. The van der Waals surface area contributed by atoms with E-state index in [-0.39, 0.29) is 11.8 Å². The third-order valence-electron chi connectivity index (χ3n) is 2.60. The predicted octanol–water partition coefficient (Wildman–Crippen LogP) is 0.908. The van der Waals surface area contributed by atoms with Gasteiger partial charge in [0.2, 0.25) is 5.91 Å². The molecule has 0 aromatic heterocycles. The molecule has 1 amide bonds. The second-order valence-corrected chi connectivity index (χ2v) is 3.31. The molecular weight excluding hydrogens is 140 g/mol. The summed E-state index contributed by atoms with van der Waals surface area (Å²) in [4.78, 5) is 11.2. The fourth-order valence-corrected chi connectivity index (χ4v) is 1.94. The minimum Gasteiger partial charge on any atom is -0.273 e. The smallest absolute Gasteiger partial charge is 0.243 e. The molecule has 0 bridgehead atoms. The molecule has 1 heterocycles. The van der Waals surface area contributed by atoms with Crippen molar-refractivity contribution >= 4 is 12.1 Å². The number of hydrazone groups is 1. The van der Waals surface area contributed by atoms with Crippen molar-refractivity contribution in [2.24, 2.45) is 16.9 Å². The summed E-state index contributed by atoms with van der Waals surface area (Å²) in [6.07, 6.45) is 6.53. The third-order valence-corrected chi connectivity index (χ3v) is 2.60. The normalized spacial score (nSPS) is 36.2. The Bertz CT molecular complexity index is 200. The second kappa shape index (κ2) is 2.64. The van der Waals surface area contributed by atoms with Crippen LogP contribution in [-0.4, -0.2) is 12.1 Å². The first kappa shape index (κ1) is 6.83. The van der Waals surface area contributed by atoms with E-state index in [1.165, 1.54) is 12.8 Å². The number of rotatable bonds is 0. The van der Waals surface area contributed by atoms with E-state index in [2.05, 4.69) is 10.5 Å². The fraction of sp³-hybridized carbons (Fsp3) is 0.750. The Hall–Kier alpha value is -0.860. The summed E-state index contributed by atoms with van der Waals surface area (Å²) in [5, 5.41) is 3.82. The molecule has 2 unspecified atom stereocenters. The van der Waals surface area contributed by atoms with Crippen LogP contribution in [0.3, 0.4) is 0 Å². The SMILES string of the molecule is O=C1NN=CC2CCCCC12. The van der Waals surface area contributed by atoms with Crippen LogP contribution in [0.15, 0.2) is 5.10 Å². The first-order valence-corrected chi connectivity index (χ1v) is 4.21. The van der Waals surface area contributed by atoms with Gasteiger partial charge in [-0.25, -0.2) is 5.43 Å². The van der Waals surface area contributed by atoms with Gasteiger partial charge in [-0.3, -0.25) is 4.79 Å². The van der Waals surface area contributed by atoms with E-state index in [0.29, 0.717) is 5.92 Å². The highest BCUT2D eigenvalue weighted by molar-refractivity contribution is 5.85. The number of hydrogen-bond donors (Lipinski definition) is 1. The van der Waals surface area contributed by atoms with Crippen molar-refractivity contribution in [1.82, 2.24) is 5.43 Å². The zero-order chi connectivity index (χ0) is 7.68. The van der Waals surface area contributed by atoms with Gasteiger partial charge in [0.15, 0.2) is 0 Å². The fourth-order valence-electron chi connectivity index (χ4n) is 1.94. The molecule has 2 rings (SSSR count). The number of carbonyl (C=O) groups excluding carboxylic acids is 1. The van der Waals surface area contributed by atoms with Gasteiger partial charge in [-0.05, 0) is 12.8 Å². The average Bonchev–Trinajstić information content (AvgIpc) is 2.06. The maximum atomic E-state index is 11.2. The van der Waals surface area contributed by atoms with Gasteiger partial charge in [-0.2, -0.15) is 5.10 Å². The first-order chi connectivity index (χ1) is 5.38. The summed E-state index contributed by atoms with van der Waals surface area (Å²) in [5.41, 5.74) is 2.51. The molecule has 1 fully saturated rings. The Morgan fingerprint density at radius 3 is 3.09 bits per heavy atom. The maximum absolute atomic E-state index is 11.2. The van der Waals surface area contributed by atoms with Crippen molar-refractivity contribution in [3.63, 3.8) is 0 Å². The van der Waals surface area contributed by atoms with Gasteiger partial charge in [-0.1, -0.05) is 12.8 Å². The maximum Gasteiger partial charge on any atom is 0.243 e. The van der Waals surface area contributed by atoms with E-state index in [9.17, 15) is 4.79 Å². The molecule has 60 valence electrons. The summed E-state index contributed by atoms with van der Waals surface area (Å²) in [7, 11) is 0. The van der Waals surface area contributed by atoms with Crippen LogP contribution in [0.1, 0.15) is 25.7 Å². The van der Waals surface area contributed by atoms with E-state index in [1.54, 1.807) is 0 Å². The molecule has 0 spiro atoms. The standard InChI is InChI=1S/C8H12N2O/c11-8-7-4-2-1-3-6(7)5-9-10-8/h5-7H,1-4H2,(H,10,11). The Balaban J connectivity index is 2.15. The third kappa shape index (κ3) is 1.15. The van der Waals surface area contributed by atoms with Crippen molar-refractivity contribution in [2.45, 2.75) is 25.7 Å². The molecule has 1 aliphatic carbocycles. The van der Waals surface area contributed by atoms with E-state index < -0.39 is 0 Å². The molecule has 1 aliphatic heterocycles. The number of hydrogen-bond acceptors (Lipinski definition) is 2. The molecular formula is C8H12N2O. The topological polar surface area (TPSA) is 41.5 Å². The van der Waals surface area contributed by atoms with Crippen LogP contribution < -0.4 is 5.43 Å². The van der Waals surface area contributed by atoms with Gasteiger partial charge in [0.1, 0.15) is 0 Å². The summed E-state index contributed by atoms with van der Waals surface area (Å²) in [6.45, 7) is 0. The number of fused-ring (bicyclic) bond motifs is 1. The Morgan fingerprint density at radius 2 is 2.27 bits per heavy atom. The zero-order valence-electron chi connectivity index (χ0n) is 6.42. The van der Waals surface area contributed by atoms with Crippen molar-refractivity contribution in [2.75, 3.05) is 0 Å². The van der Waals surface area contributed by atoms with Crippen LogP contribution in [0.4, 0.5) is 0 Å². The monoisotopic (exact) mass is 152 g/mol. The second-order valence-electron chi connectivity index (χ2n) is 3.31. The minimum absolute atomic E-state index is 0.122. The van der Waals surface area contributed by atoms with Crippen LogP contribution in [0.5, 0.6) is 0 Å². The van der Waals surface area contributed by atoms with Gasteiger partial charge >= 0.3 is 0 Å². The largest absolute Gasteiger partial charge is 0.273 e. The molecule has 2 atom stereocenters. The highest BCUT2D eigenvalue weighted by Gasteiger charge is 2.31. The van der Waals surface area contributed by atoms with Gasteiger partial charge in [0.05, 0.1) is 0 Å². The van der Waals surface area contributed by atoms with Gasteiger partial charge in [-0.15, -0.1) is 0 Å². The van der Waals surface area contributed by atoms with Gasteiger partial charge < -0.3 is 0 Å². The lowest BCUT2D eigenvalue weighted by atomic mass is 9.79. The lowest BCUT2D eigenvalue weighted by molar-refractivity contribution is -0.127. The van der Waals surface area contributed by atoms with Crippen molar-refractivity contribution < 1.29 is 4.79 Å². The zero-order valence-corrected chi connectivity index (χ0v) is 6.42. The molecule has 1 N–H and O–H groups in total. The van der Waals surface area contributed by atoms with E-state index in [1.807, 2.05) is 6.21 Å². The Kier molecular flexibility index (Phi) is 1.64. The number of nitrogens with one attached hydrogen (secondary N) is 1. The molecule has 3 heteroatoms. The van der Waals surface area contributed by atoms with E-state index in [0.717, 1.165) is 12.8 Å². The first-order valence-electron chi connectivity index (χ1n) is 4.21. The molecule has 0 saturated heterocycles.